The Morgan fingerprint density at radius 1 is 1.38 bits per heavy atom. The molecule has 13 heavy (non-hydrogen) atoms. The summed E-state index contributed by atoms with van der Waals surface area (Å²) in [5.74, 6) is 0. The summed E-state index contributed by atoms with van der Waals surface area (Å²) in [5.41, 5.74) is -0.234. The Kier molecular flexibility index (Phi) is 3.71. The molecule has 0 bridgehead atoms. The van der Waals surface area contributed by atoms with E-state index in [9.17, 15) is 0 Å². The third-order valence-corrected chi connectivity index (χ3v) is 3.05. The van der Waals surface area contributed by atoms with Crippen molar-refractivity contribution in [1.29, 1.82) is 5.26 Å². The first-order valence-corrected chi connectivity index (χ1v) is 4.91. The van der Waals surface area contributed by atoms with E-state index in [1.54, 1.807) is 7.11 Å². The lowest BCUT2D eigenvalue weighted by Crippen LogP contribution is -2.51. The van der Waals surface area contributed by atoms with Crippen LogP contribution in [0.25, 0.3) is 0 Å². The van der Waals surface area contributed by atoms with Gasteiger partial charge in [0.2, 0.25) is 0 Å². The molecule has 74 valence electrons. The van der Waals surface area contributed by atoms with Crippen molar-refractivity contribution in [2.45, 2.75) is 43.7 Å². The molecule has 1 atom stereocenters. The number of nitrogens with one attached hydrogen (secondary N) is 1. The van der Waals surface area contributed by atoms with Gasteiger partial charge >= 0.3 is 0 Å². The molecule has 0 amide bonds. The second-order valence-electron chi connectivity index (χ2n) is 3.68. The zero-order valence-corrected chi connectivity index (χ0v) is 8.47. The van der Waals surface area contributed by atoms with Gasteiger partial charge in [0.15, 0.2) is 0 Å². The summed E-state index contributed by atoms with van der Waals surface area (Å²) in [5, 5.41) is 12.0. The number of nitrogens with zero attached hydrogens (tertiary/aromatic N) is 1. The highest BCUT2D eigenvalue weighted by molar-refractivity contribution is 5.06. The molecule has 3 nitrogen and oxygen atoms in total. The molecular formula is C10H18N2O. The van der Waals surface area contributed by atoms with E-state index in [1.165, 1.54) is 19.3 Å². The predicted molar refractivity (Wildman–Crippen MR) is 51.3 cm³/mol. The van der Waals surface area contributed by atoms with E-state index in [-0.39, 0.29) is 11.6 Å². The molecule has 0 radical (unpaired) electrons. The molecule has 0 aliphatic heterocycles. The molecule has 0 heterocycles. The molecule has 1 aliphatic carbocycles. The summed E-state index contributed by atoms with van der Waals surface area (Å²) in [7, 11) is 3.54. The van der Waals surface area contributed by atoms with Gasteiger partial charge in [0.25, 0.3) is 0 Å². The van der Waals surface area contributed by atoms with Crippen LogP contribution in [0.5, 0.6) is 0 Å². The van der Waals surface area contributed by atoms with E-state index in [4.69, 9.17) is 10.00 Å². The Bertz CT molecular complexity index is 192. The number of ether oxygens (including phenoxy) is 1. The third-order valence-electron chi connectivity index (χ3n) is 3.05. The molecule has 0 spiro atoms. The predicted octanol–water partition coefficient (Wildman–Crippen LogP) is 1.45. The number of hydrogen-bond acceptors (Lipinski definition) is 3. The zero-order valence-electron chi connectivity index (χ0n) is 8.47. The van der Waals surface area contributed by atoms with Gasteiger partial charge in [0.1, 0.15) is 6.04 Å². The van der Waals surface area contributed by atoms with Gasteiger partial charge in [-0.1, -0.05) is 19.3 Å². The van der Waals surface area contributed by atoms with Crippen LogP contribution in [0.1, 0.15) is 32.1 Å². The fraction of sp³-hybridized carbons (Fsp3) is 0.900. The first-order chi connectivity index (χ1) is 6.29. The Labute approximate surface area is 80.1 Å². The van der Waals surface area contributed by atoms with Crippen LogP contribution in [0.2, 0.25) is 0 Å². The van der Waals surface area contributed by atoms with Crippen molar-refractivity contribution in [2.24, 2.45) is 0 Å². The molecule has 3 heteroatoms. The lowest BCUT2D eigenvalue weighted by molar-refractivity contribution is -0.0528. The highest BCUT2D eigenvalue weighted by Gasteiger charge is 2.39. The summed E-state index contributed by atoms with van der Waals surface area (Å²) < 4.78 is 5.54. The van der Waals surface area contributed by atoms with Crippen LogP contribution < -0.4 is 5.32 Å². The van der Waals surface area contributed by atoms with Crippen molar-refractivity contribution in [1.82, 2.24) is 5.32 Å². The molecule has 1 N–H and O–H groups in total. The number of methoxy groups -OCH3 is 1. The number of likely N-dealkylation sites (N-methyl/N-ethyl adjacent to an activating group) is 1. The van der Waals surface area contributed by atoms with Crippen molar-refractivity contribution >= 4 is 0 Å². The minimum absolute atomic E-state index is 0.169. The van der Waals surface area contributed by atoms with Gasteiger partial charge in [-0.15, -0.1) is 0 Å². The summed E-state index contributed by atoms with van der Waals surface area (Å²) in [6.07, 6.45) is 5.62. The van der Waals surface area contributed by atoms with Crippen molar-refractivity contribution in [3.05, 3.63) is 0 Å². The van der Waals surface area contributed by atoms with Crippen molar-refractivity contribution < 1.29 is 4.74 Å². The largest absolute Gasteiger partial charge is 0.375 e. The average molecular weight is 182 g/mol. The second kappa shape index (κ2) is 4.59. The molecule has 1 rings (SSSR count). The second-order valence-corrected chi connectivity index (χ2v) is 3.68. The molecule has 1 fully saturated rings. The Hall–Kier alpha value is -0.590. The smallest absolute Gasteiger partial charge is 0.124 e. The first-order valence-electron chi connectivity index (χ1n) is 4.91. The monoisotopic (exact) mass is 182 g/mol. The quantitative estimate of drug-likeness (QED) is 0.718. The van der Waals surface area contributed by atoms with Gasteiger partial charge in [-0.3, -0.25) is 0 Å². The Morgan fingerprint density at radius 2 is 2.00 bits per heavy atom. The van der Waals surface area contributed by atoms with Gasteiger partial charge in [0, 0.05) is 7.11 Å². The lowest BCUT2D eigenvalue weighted by Gasteiger charge is -2.39. The maximum absolute atomic E-state index is 8.98. The van der Waals surface area contributed by atoms with Crippen LogP contribution in [0.4, 0.5) is 0 Å². The van der Waals surface area contributed by atoms with Crippen molar-refractivity contribution in [2.75, 3.05) is 14.2 Å². The standard InChI is InChI=1S/C10H18N2O/c1-12-9(8-11)10(13-2)6-4-3-5-7-10/h9,12H,3-7H2,1-2H3. The lowest BCUT2D eigenvalue weighted by atomic mass is 9.79. The van der Waals surface area contributed by atoms with Gasteiger partial charge in [-0.2, -0.15) is 5.26 Å². The number of rotatable bonds is 3. The van der Waals surface area contributed by atoms with Gasteiger partial charge < -0.3 is 10.1 Å². The van der Waals surface area contributed by atoms with E-state index in [0.717, 1.165) is 12.8 Å². The SMILES string of the molecule is CNC(C#N)C1(OC)CCCCC1. The molecule has 0 aromatic rings. The molecular weight excluding hydrogens is 164 g/mol. The van der Waals surface area contributed by atoms with Gasteiger partial charge in [-0.05, 0) is 19.9 Å². The minimum Gasteiger partial charge on any atom is -0.375 e. The summed E-state index contributed by atoms with van der Waals surface area (Å²) in [6.45, 7) is 0. The third kappa shape index (κ3) is 2.01. The average Bonchev–Trinajstić information content (AvgIpc) is 2.21. The van der Waals surface area contributed by atoms with Crippen molar-refractivity contribution in [3.63, 3.8) is 0 Å². The maximum atomic E-state index is 8.98. The van der Waals surface area contributed by atoms with E-state index < -0.39 is 0 Å². The Morgan fingerprint density at radius 3 is 2.38 bits per heavy atom. The minimum atomic E-state index is -0.234. The molecule has 0 aromatic heterocycles. The van der Waals surface area contributed by atoms with Gasteiger partial charge in [0.05, 0.1) is 11.7 Å². The fourth-order valence-electron chi connectivity index (χ4n) is 2.21. The molecule has 1 unspecified atom stereocenters. The molecule has 0 aromatic carbocycles. The fourth-order valence-corrected chi connectivity index (χ4v) is 2.21. The van der Waals surface area contributed by atoms with Crippen molar-refractivity contribution in [3.8, 4) is 6.07 Å². The topological polar surface area (TPSA) is 45.0 Å². The summed E-state index contributed by atoms with van der Waals surface area (Å²) in [6, 6.07) is 2.11. The van der Waals surface area contributed by atoms with E-state index in [1.807, 2.05) is 7.05 Å². The van der Waals surface area contributed by atoms with E-state index in [0.29, 0.717) is 0 Å². The van der Waals surface area contributed by atoms with Crippen LogP contribution in [-0.2, 0) is 4.74 Å². The van der Waals surface area contributed by atoms with Crippen LogP contribution in [-0.4, -0.2) is 25.8 Å². The van der Waals surface area contributed by atoms with Crippen LogP contribution in [0.15, 0.2) is 0 Å². The first kappa shape index (κ1) is 10.5. The zero-order chi connectivity index (χ0) is 9.73. The van der Waals surface area contributed by atoms with Crippen LogP contribution in [0.3, 0.4) is 0 Å². The normalized spacial score (nSPS) is 23.5. The Balaban J connectivity index is 2.72. The summed E-state index contributed by atoms with van der Waals surface area (Å²) in [4.78, 5) is 0. The molecule has 1 aliphatic rings. The van der Waals surface area contributed by atoms with E-state index in [2.05, 4.69) is 11.4 Å². The van der Waals surface area contributed by atoms with Gasteiger partial charge in [-0.25, -0.2) is 0 Å². The van der Waals surface area contributed by atoms with E-state index >= 15 is 0 Å². The van der Waals surface area contributed by atoms with Crippen LogP contribution >= 0.6 is 0 Å². The highest BCUT2D eigenvalue weighted by atomic mass is 16.5. The number of hydrogen-bond donors (Lipinski definition) is 1. The number of nitriles is 1. The molecule has 1 saturated carbocycles. The molecule has 0 saturated heterocycles. The highest BCUT2D eigenvalue weighted by Crippen LogP contribution is 2.33. The summed E-state index contributed by atoms with van der Waals surface area (Å²) >= 11 is 0. The van der Waals surface area contributed by atoms with Crippen LogP contribution in [0, 0.1) is 11.3 Å². The maximum Gasteiger partial charge on any atom is 0.124 e.